The summed E-state index contributed by atoms with van der Waals surface area (Å²) in [5, 5.41) is 19.3. The van der Waals surface area contributed by atoms with Crippen molar-refractivity contribution in [1.82, 2.24) is 10.3 Å². The van der Waals surface area contributed by atoms with E-state index in [1.54, 1.807) is 12.3 Å². The average molecular weight is 357 g/mol. The molecule has 2 aromatic rings. The molecule has 0 aliphatic carbocycles. The minimum Gasteiger partial charge on any atom is -0.473 e. The van der Waals surface area contributed by atoms with E-state index in [9.17, 15) is 0 Å². The first-order valence-electron chi connectivity index (χ1n) is 6.40. The molecule has 23 heavy (non-hydrogen) atoms. The van der Waals surface area contributed by atoms with E-state index < -0.39 is 11.9 Å². The molecular formula is C15H14Cl2N2O4. The molecule has 0 unspecified atom stereocenters. The van der Waals surface area contributed by atoms with Gasteiger partial charge >= 0.3 is 11.9 Å². The highest BCUT2D eigenvalue weighted by atomic mass is 35.5. The standard InChI is InChI=1S/C13H12Cl2N2.C2H2O4/c14-12-5-1-4-11(13(12)15)9-17-8-10-3-2-6-16-7-10;3-1(4)2(5)6/h1-7,17H,8-9H2;(H,3,4)(H,5,6). The second kappa shape index (κ2) is 9.78. The summed E-state index contributed by atoms with van der Waals surface area (Å²) in [5.74, 6) is -3.65. The highest BCUT2D eigenvalue weighted by Gasteiger charge is 2.04. The van der Waals surface area contributed by atoms with Crippen LogP contribution < -0.4 is 5.32 Å². The number of carboxylic acid groups (broad SMARTS) is 2. The van der Waals surface area contributed by atoms with E-state index >= 15 is 0 Å². The van der Waals surface area contributed by atoms with Crippen LogP contribution in [0.2, 0.25) is 10.0 Å². The molecule has 0 spiro atoms. The van der Waals surface area contributed by atoms with Crippen LogP contribution in [0.25, 0.3) is 0 Å². The van der Waals surface area contributed by atoms with Gasteiger partial charge in [0.2, 0.25) is 0 Å². The SMILES string of the molecule is Clc1cccc(CNCc2cccnc2)c1Cl.O=C(O)C(=O)O. The highest BCUT2D eigenvalue weighted by Crippen LogP contribution is 2.25. The number of aromatic nitrogens is 1. The monoisotopic (exact) mass is 356 g/mol. The van der Waals surface area contributed by atoms with Crippen LogP contribution in [0.1, 0.15) is 11.1 Å². The van der Waals surface area contributed by atoms with Gasteiger partial charge in [-0.1, -0.05) is 41.4 Å². The third-order valence-electron chi connectivity index (χ3n) is 2.58. The molecule has 0 atom stereocenters. The summed E-state index contributed by atoms with van der Waals surface area (Å²) < 4.78 is 0. The van der Waals surface area contributed by atoms with Crippen LogP contribution in [0.5, 0.6) is 0 Å². The lowest BCUT2D eigenvalue weighted by Crippen LogP contribution is -2.13. The zero-order valence-corrected chi connectivity index (χ0v) is 13.4. The summed E-state index contributed by atoms with van der Waals surface area (Å²) in [6.45, 7) is 1.45. The zero-order chi connectivity index (χ0) is 17.2. The molecule has 2 rings (SSSR count). The van der Waals surface area contributed by atoms with Crippen molar-refractivity contribution in [2.75, 3.05) is 0 Å². The lowest BCUT2D eigenvalue weighted by atomic mass is 10.2. The maximum atomic E-state index is 9.10. The maximum Gasteiger partial charge on any atom is 0.414 e. The minimum atomic E-state index is -1.82. The molecular weight excluding hydrogens is 343 g/mol. The summed E-state index contributed by atoms with van der Waals surface area (Å²) in [4.78, 5) is 22.3. The van der Waals surface area contributed by atoms with E-state index in [0.717, 1.165) is 17.7 Å². The number of rotatable bonds is 4. The van der Waals surface area contributed by atoms with Crippen LogP contribution in [0.4, 0.5) is 0 Å². The fourth-order valence-corrected chi connectivity index (χ4v) is 1.92. The van der Waals surface area contributed by atoms with Gasteiger partial charge in [0.25, 0.3) is 0 Å². The Morgan fingerprint density at radius 1 is 1.04 bits per heavy atom. The van der Waals surface area contributed by atoms with E-state index in [1.165, 1.54) is 0 Å². The van der Waals surface area contributed by atoms with Crippen molar-refractivity contribution < 1.29 is 19.8 Å². The van der Waals surface area contributed by atoms with Crippen molar-refractivity contribution in [3.05, 3.63) is 63.9 Å². The van der Waals surface area contributed by atoms with Crippen LogP contribution in [0.15, 0.2) is 42.7 Å². The molecule has 0 aliphatic rings. The van der Waals surface area contributed by atoms with Crippen molar-refractivity contribution in [2.45, 2.75) is 13.1 Å². The average Bonchev–Trinajstić information content (AvgIpc) is 2.53. The van der Waals surface area contributed by atoms with E-state index in [4.69, 9.17) is 43.0 Å². The van der Waals surface area contributed by atoms with E-state index in [2.05, 4.69) is 10.3 Å². The zero-order valence-electron chi connectivity index (χ0n) is 11.9. The molecule has 8 heteroatoms. The van der Waals surface area contributed by atoms with Crippen LogP contribution in [0.3, 0.4) is 0 Å². The van der Waals surface area contributed by atoms with Gasteiger partial charge in [0, 0.05) is 25.5 Å². The Morgan fingerprint density at radius 3 is 2.30 bits per heavy atom. The molecule has 0 saturated heterocycles. The number of hydrogen-bond acceptors (Lipinski definition) is 4. The number of carboxylic acids is 2. The summed E-state index contributed by atoms with van der Waals surface area (Å²) in [7, 11) is 0. The van der Waals surface area contributed by atoms with E-state index in [1.807, 2.05) is 30.5 Å². The number of nitrogens with one attached hydrogen (secondary N) is 1. The molecule has 3 N–H and O–H groups in total. The lowest BCUT2D eigenvalue weighted by Gasteiger charge is -2.07. The van der Waals surface area contributed by atoms with Gasteiger partial charge in [0.15, 0.2) is 0 Å². The molecule has 1 aromatic heterocycles. The number of halogens is 2. The van der Waals surface area contributed by atoms with Gasteiger partial charge in [-0.05, 0) is 23.3 Å². The Morgan fingerprint density at radius 2 is 1.74 bits per heavy atom. The Labute approximate surface area is 142 Å². The highest BCUT2D eigenvalue weighted by molar-refractivity contribution is 6.42. The minimum absolute atomic E-state index is 0.590. The smallest absolute Gasteiger partial charge is 0.414 e. The molecule has 0 saturated carbocycles. The Hall–Kier alpha value is -2.15. The van der Waals surface area contributed by atoms with Gasteiger partial charge in [0.05, 0.1) is 10.0 Å². The van der Waals surface area contributed by atoms with Gasteiger partial charge in [0.1, 0.15) is 0 Å². The summed E-state index contributed by atoms with van der Waals surface area (Å²) in [6.07, 6.45) is 3.60. The van der Waals surface area contributed by atoms with Gasteiger partial charge in [-0.25, -0.2) is 9.59 Å². The second-order valence-corrected chi connectivity index (χ2v) is 5.07. The number of carbonyl (C=O) groups is 2. The van der Waals surface area contributed by atoms with Gasteiger partial charge < -0.3 is 15.5 Å². The van der Waals surface area contributed by atoms with Crippen molar-refractivity contribution in [2.24, 2.45) is 0 Å². The number of benzene rings is 1. The fourth-order valence-electron chi connectivity index (χ4n) is 1.53. The molecule has 0 aliphatic heterocycles. The normalized spacial score (nSPS) is 9.65. The third-order valence-corrected chi connectivity index (χ3v) is 3.44. The largest absolute Gasteiger partial charge is 0.473 e. The maximum absolute atomic E-state index is 9.10. The molecule has 1 aromatic carbocycles. The van der Waals surface area contributed by atoms with Gasteiger partial charge in [-0.3, -0.25) is 4.98 Å². The Balaban J connectivity index is 0.000000379. The molecule has 1 heterocycles. The topological polar surface area (TPSA) is 99.5 Å². The molecule has 6 nitrogen and oxygen atoms in total. The molecule has 0 amide bonds. The summed E-state index contributed by atoms with van der Waals surface area (Å²) >= 11 is 12.0. The number of nitrogens with zero attached hydrogens (tertiary/aromatic N) is 1. The summed E-state index contributed by atoms with van der Waals surface area (Å²) in [5.41, 5.74) is 2.15. The second-order valence-electron chi connectivity index (χ2n) is 4.29. The van der Waals surface area contributed by atoms with Gasteiger partial charge in [-0.15, -0.1) is 0 Å². The van der Waals surface area contributed by atoms with Crippen molar-refractivity contribution in [3.63, 3.8) is 0 Å². The number of pyridine rings is 1. The first-order chi connectivity index (χ1) is 10.9. The summed E-state index contributed by atoms with van der Waals surface area (Å²) in [6, 6.07) is 9.59. The van der Waals surface area contributed by atoms with Crippen LogP contribution in [-0.2, 0) is 22.7 Å². The lowest BCUT2D eigenvalue weighted by molar-refractivity contribution is -0.159. The van der Waals surface area contributed by atoms with E-state index in [-0.39, 0.29) is 0 Å². The van der Waals surface area contributed by atoms with Crippen LogP contribution in [0, 0.1) is 0 Å². The quantitative estimate of drug-likeness (QED) is 0.728. The van der Waals surface area contributed by atoms with E-state index in [0.29, 0.717) is 16.6 Å². The Kier molecular flexibility index (Phi) is 8.04. The van der Waals surface area contributed by atoms with Crippen LogP contribution >= 0.6 is 23.2 Å². The fraction of sp³-hybridized carbons (Fsp3) is 0.133. The number of hydrogen-bond donors (Lipinski definition) is 3. The first-order valence-corrected chi connectivity index (χ1v) is 7.16. The Bertz CT molecular complexity index is 654. The predicted molar refractivity (Wildman–Crippen MR) is 86.5 cm³/mol. The third kappa shape index (κ3) is 7.10. The molecule has 122 valence electrons. The molecule has 0 radical (unpaired) electrons. The first kappa shape index (κ1) is 18.9. The molecule has 0 bridgehead atoms. The number of aliphatic carboxylic acids is 2. The van der Waals surface area contributed by atoms with Gasteiger partial charge in [-0.2, -0.15) is 0 Å². The van der Waals surface area contributed by atoms with Crippen molar-refractivity contribution in [1.29, 1.82) is 0 Å². The predicted octanol–water partition coefficient (Wildman–Crippen LogP) is 2.83. The van der Waals surface area contributed by atoms with Crippen molar-refractivity contribution in [3.8, 4) is 0 Å². The molecule has 0 fully saturated rings. The van der Waals surface area contributed by atoms with Crippen molar-refractivity contribution >= 4 is 35.1 Å². The van der Waals surface area contributed by atoms with Crippen LogP contribution in [-0.4, -0.2) is 27.1 Å².